The van der Waals surface area contributed by atoms with Crippen LogP contribution in [0.5, 0.6) is 6.01 Å². The van der Waals surface area contributed by atoms with E-state index in [-0.39, 0.29) is 11.6 Å². The fourth-order valence-corrected chi connectivity index (χ4v) is 0.603. The van der Waals surface area contributed by atoms with E-state index in [1.807, 2.05) is 0 Å². The van der Waals surface area contributed by atoms with Gasteiger partial charge in [0.1, 0.15) is 0 Å². The number of hydrogen-bond donors (Lipinski definition) is 2. The lowest BCUT2D eigenvalue weighted by Crippen LogP contribution is -2.18. The summed E-state index contributed by atoms with van der Waals surface area (Å²) in [5, 5.41) is 8.23. The first kappa shape index (κ1) is 8.41. The summed E-state index contributed by atoms with van der Waals surface area (Å²) < 4.78 is 4.67. The quantitative estimate of drug-likeness (QED) is 0.465. The van der Waals surface area contributed by atoms with Gasteiger partial charge in [-0.3, -0.25) is 10.0 Å². The number of nitrogens with one attached hydrogen (secondary N) is 1. The second kappa shape index (κ2) is 3.63. The number of amides is 1. The average Bonchev–Trinajstić information content (AvgIpc) is 2.17. The van der Waals surface area contributed by atoms with E-state index in [1.54, 1.807) is 0 Å². The van der Waals surface area contributed by atoms with Crippen molar-refractivity contribution in [3.8, 4) is 6.01 Å². The molecular weight excluding hydrogens is 162 g/mol. The van der Waals surface area contributed by atoms with E-state index in [1.165, 1.54) is 25.0 Å². The van der Waals surface area contributed by atoms with Gasteiger partial charge in [0.2, 0.25) is 0 Å². The van der Waals surface area contributed by atoms with Crippen molar-refractivity contribution in [3.05, 3.63) is 18.0 Å². The Kier molecular flexibility index (Phi) is 2.54. The van der Waals surface area contributed by atoms with Crippen LogP contribution in [0.25, 0.3) is 0 Å². The van der Waals surface area contributed by atoms with Crippen LogP contribution in [0.4, 0.5) is 0 Å². The first-order valence-electron chi connectivity index (χ1n) is 3.08. The summed E-state index contributed by atoms with van der Waals surface area (Å²) in [6.45, 7) is 0. The van der Waals surface area contributed by atoms with Crippen molar-refractivity contribution in [3.63, 3.8) is 0 Å². The molecule has 0 unspecified atom stereocenters. The molecular formula is C6H7N3O3. The number of nitrogens with zero attached hydrogens (tertiary/aromatic N) is 2. The van der Waals surface area contributed by atoms with Crippen molar-refractivity contribution in [2.75, 3.05) is 7.11 Å². The zero-order valence-electron chi connectivity index (χ0n) is 6.31. The Balaban J connectivity index is 2.84. The molecule has 0 aliphatic carbocycles. The summed E-state index contributed by atoms with van der Waals surface area (Å²) in [5.74, 6) is -0.655. The number of hydrogen-bond acceptors (Lipinski definition) is 5. The normalized spacial score (nSPS) is 9.17. The Morgan fingerprint density at radius 1 is 1.58 bits per heavy atom. The molecule has 1 heterocycles. The number of carbonyl (C=O) groups excluding carboxylic acids is 1. The van der Waals surface area contributed by atoms with Crippen LogP contribution >= 0.6 is 0 Å². The molecule has 2 N–H and O–H groups in total. The summed E-state index contributed by atoms with van der Waals surface area (Å²) in [4.78, 5) is 18.1. The lowest BCUT2D eigenvalue weighted by Gasteiger charge is -1.98. The molecule has 12 heavy (non-hydrogen) atoms. The molecule has 0 saturated carbocycles. The Morgan fingerprint density at radius 2 is 2.17 bits per heavy atom. The van der Waals surface area contributed by atoms with Gasteiger partial charge < -0.3 is 4.74 Å². The number of rotatable bonds is 2. The van der Waals surface area contributed by atoms with Crippen molar-refractivity contribution < 1.29 is 14.7 Å². The van der Waals surface area contributed by atoms with Crippen LogP contribution in [0.3, 0.4) is 0 Å². The zero-order valence-corrected chi connectivity index (χ0v) is 6.31. The Hall–Kier alpha value is -1.69. The van der Waals surface area contributed by atoms with E-state index in [9.17, 15) is 4.79 Å². The Labute approximate surface area is 68.2 Å². The second-order valence-electron chi connectivity index (χ2n) is 1.90. The molecule has 0 radical (unpaired) electrons. The van der Waals surface area contributed by atoms with Crippen LogP contribution < -0.4 is 10.2 Å². The molecule has 1 rings (SSSR count). The minimum absolute atomic E-state index is 0.165. The van der Waals surface area contributed by atoms with Crippen LogP contribution in [-0.4, -0.2) is 28.2 Å². The second-order valence-corrected chi connectivity index (χ2v) is 1.90. The van der Waals surface area contributed by atoms with Gasteiger partial charge in [-0.2, -0.15) is 0 Å². The van der Waals surface area contributed by atoms with E-state index < -0.39 is 5.91 Å². The van der Waals surface area contributed by atoms with Crippen molar-refractivity contribution in [2.24, 2.45) is 0 Å². The summed E-state index contributed by atoms with van der Waals surface area (Å²) >= 11 is 0. The summed E-state index contributed by atoms with van der Waals surface area (Å²) in [5.41, 5.74) is 1.62. The molecule has 0 atom stereocenters. The lowest BCUT2D eigenvalue weighted by molar-refractivity contribution is 0.0705. The molecule has 1 aromatic rings. The minimum Gasteiger partial charge on any atom is -0.467 e. The first-order chi connectivity index (χ1) is 5.77. The van der Waals surface area contributed by atoms with Crippen molar-refractivity contribution >= 4 is 5.91 Å². The molecule has 0 bridgehead atoms. The fourth-order valence-electron chi connectivity index (χ4n) is 0.603. The molecule has 0 aliphatic heterocycles. The van der Waals surface area contributed by atoms with Crippen LogP contribution in [0, 0.1) is 0 Å². The van der Waals surface area contributed by atoms with Crippen LogP contribution in [-0.2, 0) is 0 Å². The monoisotopic (exact) mass is 169 g/mol. The number of ether oxygens (including phenoxy) is 1. The number of methoxy groups -OCH3 is 1. The molecule has 1 amide bonds. The fraction of sp³-hybridized carbons (Fsp3) is 0.167. The lowest BCUT2D eigenvalue weighted by atomic mass is 10.3. The van der Waals surface area contributed by atoms with Gasteiger partial charge >= 0.3 is 6.01 Å². The molecule has 64 valence electrons. The van der Waals surface area contributed by atoms with Crippen molar-refractivity contribution in [1.29, 1.82) is 0 Å². The minimum atomic E-state index is -0.655. The maximum Gasteiger partial charge on any atom is 0.316 e. The van der Waals surface area contributed by atoms with Gasteiger partial charge in [0.25, 0.3) is 5.91 Å². The van der Waals surface area contributed by atoms with Gasteiger partial charge in [0.15, 0.2) is 0 Å². The third kappa shape index (κ3) is 1.67. The highest BCUT2D eigenvalue weighted by molar-refractivity contribution is 5.92. The maximum atomic E-state index is 10.7. The highest BCUT2D eigenvalue weighted by atomic mass is 16.5. The predicted molar refractivity (Wildman–Crippen MR) is 37.8 cm³/mol. The van der Waals surface area contributed by atoms with Crippen molar-refractivity contribution in [1.82, 2.24) is 15.4 Å². The van der Waals surface area contributed by atoms with Gasteiger partial charge in [0, 0.05) is 12.4 Å². The largest absolute Gasteiger partial charge is 0.467 e. The summed E-state index contributed by atoms with van der Waals surface area (Å²) in [7, 11) is 1.42. The van der Waals surface area contributed by atoms with Crippen molar-refractivity contribution in [2.45, 2.75) is 0 Å². The third-order valence-electron chi connectivity index (χ3n) is 1.17. The molecule has 0 saturated heterocycles. The number of aromatic nitrogens is 2. The first-order valence-corrected chi connectivity index (χ1v) is 3.08. The zero-order chi connectivity index (χ0) is 8.97. The number of hydroxylamine groups is 1. The maximum absolute atomic E-state index is 10.7. The van der Waals surface area contributed by atoms with Crippen LogP contribution in [0.1, 0.15) is 10.4 Å². The van der Waals surface area contributed by atoms with Gasteiger partial charge in [-0.25, -0.2) is 15.4 Å². The topological polar surface area (TPSA) is 84.3 Å². The van der Waals surface area contributed by atoms with Gasteiger partial charge in [-0.1, -0.05) is 0 Å². The van der Waals surface area contributed by atoms with Crippen LogP contribution in [0.2, 0.25) is 0 Å². The number of carbonyl (C=O) groups is 1. The molecule has 0 fully saturated rings. The highest BCUT2D eigenvalue weighted by Crippen LogP contribution is 2.00. The standard InChI is InChI=1S/C6H7N3O3/c1-12-6-7-2-4(3-8-6)5(10)9-11/h2-3,11H,1H3,(H,9,10). The van der Waals surface area contributed by atoms with Gasteiger partial charge in [-0.15, -0.1) is 0 Å². The van der Waals surface area contributed by atoms with E-state index in [0.717, 1.165) is 0 Å². The van der Waals surface area contributed by atoms with E-state index in [4.69, 9.17) is 5.21 Å². The van der Waals surface area contributed by atoms with E-state index in [2.05, 4.69) is 14.7 Å². The average molecular weight is 169 g/mol. The van der Waals surface area contributed by atoms with E-state index in [0.29, 0.717) is 0 Å². The molecule has 1 aromatic heterocycles. The SMILES string of the molecule is COc1ncc(C(=O)NO)cn1. The van der Waals surface area contributed by atoms with Crippen LogP contribution in [0.15, 0.2) is 12.4 Å². The Bertz CT molecular complexity index is 272. The molecule has 6 heteroatoms. The summed E-state index contributed by atoms with van der Waals surface area (Å²) in [6.07, 6.45) is 2.49. The van der Waals surface area contributed by atoms with Gasteiger partial charge in [-0.05, 0) is 0 Å². The Morgan fingerprint density at radius 3 is 2.58 bits per heavy atom. The summed E-state index contributed by atoms with van der Waals surface area (Å²) in [6, 6.07) is 0.171. The van der Waals surface area contributed by atoms with E-state index >= 15 is 0 Å². The third-order valence-corrected chi connectivity index (χ3v) is 1.17. The predicted octanol–water partition coefficient (Wildman–Crippen LogP) is -0.396. The highest BCUT2D eigenvalue weighted by Gasteiger charge is 2.04. The molecule has 6 nitrogen and oxygen atoms in total. The molecule has 0 aliphatic rings. The smallest absolute Gasteiger partial charge is 0.316 e. The molecule has 0 aromatic carbocycles. The molecule has 0 spiro atoms. The van der Waals surface area contributed by atoms with Gasteiger partial charge in [0.05, 0.1) is 12.7 Å².